The number of rotatable bonds is 3. The van der Waals surface area contributed by atoms with Crippen LogP contribution in [-0.4, -0.2) is 14.5 Å². The van der Waals surface area contributed by atoms with Crippen LogP contribution < -0.4 is 0 Å². The molecule has 0 bridgehead atoms. The number of para-hydroxylation sites is 2. The molecule has 0 atom stereocenters. The van der Waals surface area contributed by atoms with Crippen molar-refractivity contribution in [3.63, 3.8) is 0 Å². The third-order valence-electron chi connectivity index (χ3n) is 11.2. The number of aromatic nitrogens is 3. The summed E-state index contributed by atoms with van der Waals surface area (Å²) in [7, 11) is 0. The molecule has 0 amide bonds. The van der Waals surface area contributed by atoms with Gasteiger partial charge in [-0.3, -0.25) is 0 Å². The molecule has 9 aromatic carbocycles. The van der Waals surface area contributed by atoms with E-state index >= 15 is 0 Å². The molecule has 0 aliphatic carbocycles. The Morgan fingerprint density at radius 2 is 1.06 bits per heavy atom. The average Bonchev–Trinajstić information content (AvgIpc) is 3.78. The van der Waals surface area contributed by atoms with Crippen molar-refractivity contribution in [2.45, 2.75) is 0 Å². The van der Waals surface area contributed by atoms with Gasteiger partial charge in [0.15, 0.2) is 5.82 Å². The Morgan fingerprint density at radius 1 is 0.389 bits per heavy atom. The van der Waals surface area contributed by atoms with E-state index in [1.54, 1.807) is 0 Å². The Morgan fingerprint density at radius 3 is 1.96 bits per heavy atom. The second kappa shape index (κ2) is 11.3. The summed E-state index contributed by atoms with van der Waals surface area (Å²) in [6.45, 7) is 0. The van der Waals surface area contributed by atoms with E-state index in [9.17, 15) is 0 Å². The van der Waals surface area contributed by atoms with E-state index in [0.717, 1.165) is 39.2 Å². The van der Waals surface area contributed by atoms with Crippen LogP contribution in [0.2, 0.25) is 0 Å². The standard InChI is InChI=1S/C50H29N3S/c1-2-11-32(12-3-1)49-40-14-6-8-16-42(40)51-50(52-49)33-21-23-36-37-25-22-34(29-46(37)54-45(36)28-33)53-43-17-9-7-15-41(43)48-39-24-20-31-19-18-30-10-4-5-13-35(30)47(31)38(39)26-27-44(48)53/h1-29H. The Hall–Kier alpha value is -6.88. The van der Waals surface area contributed by atoms with Crippen molar-refractivity contribution in [1.82, 2.24) is 14.5 Å². The minimum Gasteiger partial charge on any atom is -0.309 e. The van der Waals surface area contributed by atoms with Crippen LogP contribution in [0, 0.1) is 0 Å². The summed E-state index contributed by atoms with van der Waals surface area (Å²) in [5, 5.41) is 13.9. The minimum absolute atomic E-state index is 0.742. The van der Waals surface area contributed by atoms with Crippen LogP contribution in [0.15, 0.2) is 176 Å². The van der Waals surface area contributed by atoms with E-state index in [4.69, 9.17) is 9.97 Å². The smallest absolute Gasteiger partial charge is 0.160 e. The van der Waals surface area contributed by atoms with Crippen LogP contribution >= 0.6 is 11.3 Å². The second-order valence-electron chi connectivity index (χ2n) is 14.1. The predicted molar refractivity (Wildman–Crippen MR) is 230 cm³/mol. The first kappa shape index (κ1) is 29.7. The lowest BCUT2D eigenvalue weighted by atomic mass is 9.94. The Bertz CT molecular complexity index is 3500. The molecule has 3 heterocycles. The van der Waals surface area contributed by atoms with Gasteiger partial charge in [-0.05, 0) is 68.7 Å². The molecule has 3 aromatic heterocycles. The van der Waals surface area contributed by atoms with Crippen molar-refractivity contribution in [1.29, 1.82) is 0 Å². The molecular formula is C50H29N3S. The van der Waals surface area contributed by atoms with Crippen LogP contribution in [0.3, 0.4) is 0 Å². The van der Waals surface area contributed by atoms with Crippen LogP contribution in [0.1, 0.15) is 0 Å². The predicted octanol–water partition coefficient (Wildman–Crippen LogP) is 13.9. The van der Waals surface area contributed by atoms with Gasteiger partial charge in [0.05, 0.1) is 22.2 Å². The molecular weight excluding hydrogens is 675 g/mol. The molecule has 0 saturated heterocycles. The highest BCUT2D eigenvalue weighted by Gasteiger charge is 2.18. The summed E-state index contributed by atoms with van der Waals surface area (Å²) in [6, 6.07) is 63.7. The maximum Gasteiger partial charge on any atom is 0.160 e. The first-order valence-corrected chi connectivity index (χ1v) is 19.1. The molecule has 250 valence electrons. The van der Waals surface area contributed by atoms with Gasteiger partial charge in [0, 0.05) is 53.1 Å². The lowest BCUT2D eigenvalue weighted by molar-refractivity contribution is 1.19. The van der Waals surface area contributed by atoms with E-state index < -0.39 is 0 Å². The third kappa shape index (κ3) is 4.29. The van der Waals surface area contributed by atoms with Crippen LogP contribution in [-0.2, 0) is 0 Å². The average molecular weight is 704 g/mol. The normalized spacial score (nSPS) is 12.1. The third-order valence-corrected chi connectivity index (χ3v) is 12.3. The van der Waals surface area contributed by atoms with Gasteiger partial charge in [-0.1, -0.05) is 140 Å². The lowest BCUT2D eigenvalue weighted by Gasteiger charge is -2.11. The van der Waals surface area contributed by atoms with Crippen molar-refractivity contribution in [3.8, 4) is 28.3 Å². The fourth-order valence-electron chi connectivity index (χ4n) is 8.72. The molecule has 0 radical (unpaired) electrons. The monoisotopic (exact) mass is 703 g/mol. The van der Waals surface area contributed by atoms with Gasteiger partial charge < -0.3 is 4.57 Å². The van der Waals surface area contributed by atoms with Gasteiger partial charge >= 0.3 is 0 Å². The number of hydrogen-bond donors (Lipinski definition) is 0. The largest absolute Gasteiger partial charge is 0.309 e. The summed E-state index contributed by atoms with van der Waals surface area (Å²) in [4.78, 5) is 10.2. The number of benzene rings is 9. The molecule has 0 fully saturated rings. The summed E-state index contributed by atoms with van der Waals surface area (Å²) >= 11 is 1.83. The zero-order chi connectivity index (χ0) is 35.3. The van der Waals surface area contributed by atoms with E-state index in [0.29, 0.717) is 0 Å². The van der Waals surface area contributed by atoms with E-state index in [1.807, 2.05) is 23.5 Å². The second-order valence-corrected chi connectivity index (χ2v) is 15.2. The number of hydrogen-bond acceptors (Lipinski definition) is 3. The van der Waals surface area contributed by atoms with Gasteiger partial charge in [0.2, 0.25) is 0 Å². The highest BCUT2D eigenvalue weighted by Crippen LogP contribution is 2.43. The van der Waals surface area contributed by atoms with Crippen molar-refractivity contribution in [3.05, 3.63) is 176 Å². The zero-order valence-corrected chi connectivity index (χ0v) is 29.8. The molecule has 54 heavy (non-hydrogen) atoms. The van der Waals surface area contributed by atoms with E-state index in [1.165, 1.54) is 74.3 Å². The molecule has 3 nitrogen and oxygen atoms in total. The van der Waals surface area contributed by atoms with Gasteiger partial charge in [0.1, 0.15) is 0 Å². The van der Waals surface area contributed by atoms with Gasteiger partial charge in [-0.25, -0.2) is 9.97 Å². The van der Waals surface area contributed by atoms with Crippen LogP contribution in [0.25, 0.3) is 114 Å². The maximum atomic E-state index is 5.15. The SMILES string of the molecule is c1ccc(-c2nc(-c3ccc4c(c3)sc3cc(-n5c6ccccc6c6c7ccc8ccc9ccccc9c8c7ccc65)ccc34)nc3ccccc23)cc1. The highest BCUT2D eigenvalue weighted by molar-refractivity contribution is 7.25. The fourth-order valence-corrected chi connectivity index (χ4v) is 9.90. The minimum atomic E-state index is 0.742. The zero-order valence-electron chi connectivity index (χ0n) is 29.0. The first-order chi connectivity index (χ1) is 26.8. The molecule has 0 unspecified atom stereocenters. The van der Waals surface area contributed by atoms with Crippen molar-refractivity contribution >= 4 is 96.5 Å². The summed E-state index contributed by atoms with van der Waals surface area (Å²) in [5.74, 6) is 0.742. The molecule has 12 rings (SSSR count). The number of thiophene rings is 1. The van der Waals surface area contributed by atoms with E-state index in [2.05, 4.69) is 168 Å². The molecule has 0 aliphatic heterocycles. The highest BCUT2D eigenvalue weighted by atomic mass is 32.1. The quantitative estimate of drug-likeness (QED) is 0.172. The summed E-state index contributed by atoms with van der Waals surface area (Å²) < 4.78 is 4.93. The molecule has 12 aromatic rings. The van der Waals surface area contributed by atoms with Gasteiger partial charge in [-0.15, -0.1) is 11.3 Å². The summed E-state index contributed by atoms with van der Waals surface area (Å²) in [5.41, 5.74) is 7.61. The molecule has 0 N–H and O–H groups in total. The Labute approximate surface area is 314 Å². The van der Waals surface area contributed by atoms with Crippen molar-refractivity contribution < 1.29 is 0 Å². The van der Waals surface area contributed by atoms with Crippen LogP contribution in [0.5, 0.6) is 0 Å². The number of fused-ring (bicyclic) bond motifs is 13. The van der Waals surface area contributed by atoms with Crippen molar-refractivity contribution in [2.75, 3.05) is 0 Å². The van der Waals surface area contributed by atoms with Gasteiger partial charge in [0.25, 0.3) is 0 Å². The Balaban J connectivity index is 1.04. The molecule has 4 heteroatoms. The first-order valence-electron chi connectivity index (χ1n) is 18.3. The van der Waals surface area contributed by atoms with Crippen molar-refractivity contribution in [2.24, 2.45) is 0 Å². The van der Waals surface area contributed by atoms with Gasteiger partial charge in [-0.2, -0.15) is 0 Å². The maximum absolute atomic E-state index is 5.15. The topological polar surface area (TPSA) is 30.7 Å². The summed E-state index contributed by atoms with van der Waals surface area (Å²) in [6.07, 6.45) is 0. The number of nitrogens with zero attached hydrogens (tertiary/aromatic N) is 3. The van der Waals surface area contributed by atoms with E-state index in [-0.39, 0.29) is 0 Å². The van der Waals surface area contributed by atoms with Crippen LogP contribution in [0.4, 0.5) is 0 Å². The molecule has 0 saturated carbocycles. The Kier molecular flexibility index (Phi) is 6.21. The fraction of sp³-hybridized carbons (Fsp3) is 0. The molecule has 0 aliphatic rings. The lowest BCUT2D eigenvalue weighted by Crippen LogP contribution is -1.94. The molecule has 0 spiro atoms.